The van der Waals surface area contributed by atoms with Crippen LogP contribution >= 0.6 is 23.2 Å². The number of aromatic nitrogens is 4. The van der Waals surface area contributed by atoms with E-state index in [1.54, 1.807) is 28.9 Å². The van der Waals surface area contributed by atoms with Gasteiger partial charge in [0.2, 0.25) is 0 Å². The molecule has 0 unspecified atom stereocenters. The molecule has 2 N–H and O–H groups in total. The van der Waals surface area contributed by atoms with E-state index in [9.17, 15) is 0 Å². The van der Waals surface area contributed by atoms with Crippen molar-refractivity contribution in [2.45, 2.75) is 6.92 Å². The van der Waals surface area contributed by atoms with Gasteiger partial charge >= 0.3 is 0 Å². The quantitative estimate of drug-likeness (QED) is 0.733. The molecule has 0 fully saturated rings. The second kappa shape index (κ2) is 5.35. The van der Waals surface area contributed by atoms with Crippen molar-refractivity contribution in [3.05, 3.63) is 52.0 Å². The van der Waals surface area contributed by atoms with Gasteiger partial charge < -0.3 is 5.73 Å². The number of benzene rings is 2. The van der Waals surface area contributed by atoms with Crippen molar-refractivity contribution in [3.63, 3.8) is 0 Å². The molecule has 1 heterocycles. The van der Waals surface area contributed by atoms with Crippen LogP contribution in [-0.2, 0) is 0 Å². The molecule has 2 aromatic carbocycles. The average molecular weight is 320 g/mol. The molecule has 0 radical (unpaired) electrons. The molecule has 0 spiro atoms. The number of halogens is 2. The second-order valence-corrected chi connectivity index (χ2v) is 5.41. The Hall–Kier alpha value is -2.11. The van der Waals surface area contributed by atoms with Crippen LogP contribution in [0, 0.1) is 6.92 Å². The molecule has 0 amide bonds. The minimum atomic E-state index is 0.523. The fraction of sp³-hybridized carbons (Fsp3) is 0.0714. The van der Waals surface area contributed by atoms with E-state index < -0.39 is 0 Å². The fourth-order valence-electron chi connectivity index (χ4n) is 2.01. The van der Waals surface area contributed by atoms with Gasteiger partial charge in [-0.15, -0.1) is 5.10 Å². The number of hydrogen-bond donors (Lipinski definition) is 1. The van der Waals surface area contributed by atoms with Crippen LogP contribution in [0.1, 0.15) is 5.56 Å². The second-order valence-electron chi connectivity index (χ2n) is 4.59. The summed E-state index contributed by atoms with van der Waals surface area (Å²) < 4.78 is 1.54. The van der Waals surface area contributed by atoms with Gasteiger partial charge in [0.15, 0.2) is 5.82 Å². The van der Waals surface area contributed by atoms with Crippen LogP contribution in [0.5, 0.6) is 0 Å². The van der Waals surface area contributed by atoms with E-state index in [2.05, 4.69) is 15.5 Å². The first kappa shape index (κ1) is 13.9. The number of nitrogens with two attached hydrogens (primary N) is 1. The van der Waals surface area contributed by atoms with Crippen LogP contribution in [0.25, 0.3) is 17.1 Å². The SMILES string of the molecule is Cc1cc(Cl)c(-n2nnnc2-c2cccc(N)c2)cc1Cl. The molecule has 0 aliphatic heterocycles. The first-order chi connectivity index (χ1) is 10.1. The van der Waals surface area contributed by atoms with Crippen LogP contribution in [0.3, 0.4) is 0 Å². The van der Waals surface area contributed by atoms with E-state index in [1.807, 2.05) is 19.1 Å². The average Bonchev–Trinajstić information content (AvgIpc) is 2.92. The first-order valence-corrected chi connectivity index (χ1v) is 6.92. The predicted octanol–water partition coefficient (Wildman–Crippen LogP) is 3.53. The largest absolute Gasteiger partial charge is 0.399 e. The highest BCUT2D eigenvalue weighted by Gasteiger charge is 2.15. The number of aryl methyl sites for hydroxylation is 1. The summed E-state index contributed by atoms with van der Waals surface area (Å²) >= 11 is 12.4. The van der Waals surface area contributed by atoms with Crippen LogP contribution in [0.2, 0.25) is 10.0 Å². The van der Waals surface area contributed by atoms with Gasteiger partial charge in [0.1, 0.15) is 0 Å². The van der Waals surface area contributed by atoms with Crippen molar-refractivity contribution in [2.24, 2.45) is 0 Å². The van der Waals surface area contributed by atoms with Crippen LogP contribution in [0.4, 0.5) is 5.69 Å². The Morgan fingerprint density at radius 2 is 1.90 bits per heavy atom. The molecular weight excluding hydrogens is 309 g/mol. The van der Waals surface area contributed by atoms with Gasteiger partial charge in [0.25, 0.3) is 0 Å². The molecule has 21 heavy (non-hydrogen) atoms. The Bertz CT molecular complexity index is 813. The van der Waals surface area contributed by atoms with Crippen LogP contribution in [0.15, 0.2) is 36.4 Å². The summed E-state index contributed by atoms with van der Waals surface area (Å²) in [7, 11) is 0. The molecule has 0 aliphatic carbocycles. The topological polar surface area (TPSA) is 69.6 Å². The molecule has 0 aliphatic rings. The van der Waals surface area contributed by atoms with Gasteiger partial charge in [0.05, 0.1) is 10.7 Å². The van der Waals surface area contributed by atoms with Gasteiger partial charge in [-0.25, -0.2) is 0 Å². The van der Waals surface area contributed by atoms with E-state index in [1.165, 1.54) is 0 Å². The maximum atomic E-state index is 6.28. The summed E-state index contributed by atoms with van der Waals surface area (Å²) in [6.07, 6.45) is 0. The molecule has 0 atom stereocenters. The number of anilines is 1. The Labute approximate surface area is 131 Å². The molecule has 5 nitrogen and oxygen atoms in total. The first-order valence-electron chi connectivity index (χ1n) is 6.16. The third-order valence-corrected chi connectivity index (χ3v) is 3.78. The monoisotopic (exact) mass is 319 g/mol. The Kier molecular flexibility index (Phi) is 3.53. The molecular formula is C14H11Cl2N5. The van der Waals surface area contributed by atoms with E-state index in [-0.39, 0.29) is 0 Å². The minimum Gasteiger partial charge on any atom is -0.399 e. The summed E-state index contributed by atoms with van der Waals surface area (Å²) in [6, 6.07) is 10.8. The summed E-state index contributed by atoms with van der Waals surface area (Å²) in [5, 5.41) is 12.9. The zero-order valence-corrected chi connectivity index (χ0v) is 12.6. The Balaban J connectivity index is 2.18. The lowest BCUT2D eigenvalue weighted by Gasteiger charge is -2.09. The maximum absolute atomic E-state index is 6.28. The molecule has 3 rings (SSSR count). The molecule has 0 bridgehead atoms. The van der Waals surface area contributed by atoms with Crippen molar-refractivity contribution in [2.75, 3.05) is 5.73 Å². The van der Waals surface area contributed by atoms with Crippen molar-refractivity contribution < 1.29 is 0 Å². The van der Waals surface area contributed by atoms with Gasteiger partial charge in [-0.1, -0.05) is 35.3 Å². The van der Waals surface area contributed by atoms with E-state index in [4.69, 9.17) is 28.9 Å². The predicted molar refractivity (Wildman–Crippen MR) is 83.8 cm³/mol. The summed E-state index contributed by atoms with van der Waals surface area (Å²) in [4.78, 5) is 0. The van der Waals surface area contributed by atoms with Gasteiger partial charge in [-0.3, -0.25) is 0 Å². The molecule has 3 aromatic rings. The van der Waals surface area contributed by atoms with E-state index in [0.29, 0.717) is 27.2 Å². The standard InChI is InChI=1S/C14H11Cl2N5/c1-8-5-12(16)13(7-11(8)15)21-14(18-19-20-21)9-3-2-4-10(17)6-9/h2-7H,17H2,1H3. The van der Waals surface area contributed by atoms with Gasteiger partial charge in [-0.2, -0.15) is 4.68 Å². The zero-order valence-electron chi connectivity index (χ0n) is 11.1. The normalized spacial score (nSPS) is 10.8. The van der Waals surface area contributed by atoms with Crippen LogP contribution < -0.4 is 5.73 Å². The van der Waals surface area contributed by atoms with Crippen molar-refractivity contribution in [1.82, 2.24) is 20.2 Å². The molecule has 1 aromatic heterocycles. The number of rotatable bonds is 2. The summed E-state index contributed by atoms with van der Waals surface area (Å²) in [5.74, 6) is 0.545. The number of hydrogen-bond acceptors (Lipinski definition) is 4. The van der Waals surface area contributed by atoms with Crippen molar-refractivity contribution in [1.29, 1.82) is 0 Å². The lowest BCUT2D eigenvalue weighted by atomic mass is 10.2. The number of nitrogens with zero attached hydrogens (tertiary/aromatic N) is 4. The zero-order chi connectivity index (χ0) is 15.0. The minimum absolute atomic E-state index is 0.523. The van der Waals surface area contributed by atoms with Gasteiger partial charge in [0, 0.05) is 16.3 Å². The lowest BCUT2D eigenvalue weighted by Crippen LogP contribution is -2.01. The number of nitrogen functional groups attached to an aromatic ring is 1. The maximum Gasteiger partial charge on any atom is 0.187 e. The third kappa shape index (κ3) is 2.57. The fourth-order valence-corrected chi connectivity index (χ4v) is 2.46. The lowest BCUT2D eigenvalue weighted by molar-refractivity contribution is 0.791. The van der Waals surface area contributed by atoms with Crippen LogP contribution in [-0.4, -0.2) is 20.2 Å². The smallest absolute Gasteiger partial charge is 0.187 e. The molecule has 0 saturated heterocycles. The van der Waals surface area contributed by atoms with Gasteiger partial charge in [-0.05, 0) is 47.2 Å². The Morgan fingerprint density at radius 1 is 1.10 bits per heavy atom. The van der Waals surface area contributed by atoms with E-state index in [0.717, 1.165) is 11.1 Å². The van der Waals surface area contributed by atoms with E-state index >= 15 is 0 Å². The van der Waals surface area contributed by atoms with Crippen molar-refractivity contribution in [3.8, 4) is 17.1 Å². The molecule has 106 valence electrons. The summed E-state index contributed by atoms with van der Waals surface area (Å²) in [6.45, 7) is 1.89. The molecule has 7 heteroatoms. The number of tetrazole rings is 1. The summed E-state index contributed by atoms with van der Waals surface area (Å²) in [5.41, 5.74) is 8.75. The highest BCUT2D eigenvalue weighted by Crippen LogP contribution is 2.30. The van der Waals surface area contributed by atoms with Crippen molar-refractivity contribution >= 4 is 28.9 Å². The Morgan fingerprint density at radius 3 is 2.67 bits per heavy atom. The third-order valence-electron chi connectivity index (χ3n) is 3.07. The molecule has 0 saturated carbocycles. The highest BCUT2D eigenvalue weighted by atomic mass is 35.5. The highest BCUT2D eigenvalue weighted by molar-refractivity contribution is 6.35.